The highest BCUT2D eigenvalue weighted by molar-refractivity contribution is 8.00. The van der Waals surface area contributed by atoms with Crippen molar-refractivity contribution in [1.82, 2.24) is 0 Å². The minimum Gasteiger partial charge on any atom is -0.446 e. The fraction of sp³-hybridized carbons (Fsp3) is 0.667. The molecule has 0 saturated carbocycles. The molecule has 74 valence electrons. The van der Waals surface area contributed by atoms with Crippen LogP contribution in [0.1, 0.15) is 13.3 Å². The van der Waals surface area contributed by atoms with E-state index in [1.807, 2.05) is 0 Å². The van der Waals surface area contributed by atoms with Crippen molar-refractivity contribution in [3.8, 4) is 0 Å². The zero-order valence-electron chi connectivity index (χ0n) is 7.69. The molecule has 1 fully saturated rings. The molecule has 0 spiro atoms. The Morgan fingerprint density at radius 2 is 2.54 bits per heavy atom. The van der Waals surface area contributed by atoms with Gasteiger partial charge in [0.15, 0.2) is 5.44 Å². The van der Waals surface area contributed by atoms with Crippen LogP contribution in [-0.4, -0.2) is 29.9 Å². The van der Waals surface area contributed by atoms with Crippen molar-refractivity contribution in [3.05, 3.63) is 12.7 Å². The Bertz CT molecular complexity index is 193. The van der Waals surface area contributed by atoms with Gasteiger partial charge in [0.2, 0.25) is 0 Å². The zero-order valence-corrected chi connectivity index (χ0v) is 8.51. The third kappa shape index (κ3) is 3.83. The first-order chi connectivity index (χ1) is 6.22. The summed E-state index contributed by atoms with van der Waals surface area (Å²) >= 11 is 1.64. The molecule has 0 aliphatic carbocycles. The summed E-state index contributed by atoms with van der Waals surface area (Å²) in [6.45, 7) is 6.68. The van der Waals surface area contributed by atoms with E-state index in [1.54, 1.807) is 11.8 Å². The molecule has 0 aromatic heterocycles. The van der Waals surface area contributed by atoms with Gasteiger partial charge in [-0.15, -0.1) is 11.8 Å². The monoisotopic (exact) mass is 202 g/mol. The lowest BCUT2D eigenvalue weighted by molar-refractivity contribution is -0.140. The molecule has 1 saturated heterocycles. The molecule has 1 aliphatic rings. The maximum Gasteiger partial charge on any atom is 0.331 e. The summed E-state index contributed by atoms with van der Waals surface area (Å²) in [7, 11) is 0. The maximum absolute atomic E-state index is 10.9. The summed E-state index contributed by atoms with van der Waals surface area (Å²) in [5.74, 6) is -0.379. The van der Waals surface area contributed by atoms with Crippen molar-refractivity contribution in [2.24, 2.45) is 0 Å². The molecule has 0 N–H and O–H groups in total. The summed E-state index contributed by atoms with van der Waals surface area (Å²) in [6.07, 6.45) is 2.18. The fourth-order valence-corrected chi connectivity index (χ4v) is 2.11. The molecule has 4 heteroatoms. The van der Waals surface area contributed by atoms with Gasteiger partial charge in [-0.1, -0.05) is 13.5 Å². The number of hydrogen-bond donors (Lipinski definition) is 0. The van der Waals surface area contributed by atoms with Crippen LogP contribution in [0.2, 0.25) is 0 Å². The average Bonchev–Trinajstić information content (AvgIpc) is 2.30. The Kier molecular flexibility index (Phi) is 4.32. The number of thioether (sulfide) groups is 1. The second kappa shape index (κ2) is 5.29. The molecular weight excluding hydrogens is 188 g/mol. The third-order valence-corrected chi connectivity index (χ3v) is 2.96. The Labute approximate surface area is 82.5 Å². The number of esters is 1. The van der Waals surface area contributed by atoms with Crippen LogP contribution in [0, 0.1) is 0 Å². The summed E-state index contributed by atoms with van der Waals surface area (Å²) in [5.41, 5.74) is -0.178. The Balaban J connectivity index is 2.38. The van der Waals surface area contributed by atoms with Gasteiger partial charge < -0.3 is 9.47 Å². The number of rotatable bonds is 2. The summed E-state index contributed by atoms with van der Waals surface area (Å²) in [6, 6.07) is 0. The Hall–Kier alpha value is -0.480. The second-order valence-electron chi connectivity index (χ2n) is 2.88. The van der Waals surface area contributed by atoms with Crippen molar-refractivity contribution >= 4 is 17.7 Å². The zero-order chi connectivity index (χ0) is 9.68. The van der Waals surface area contributed by atoms with Gasteiger partial charge >= 0.3 is 5.97 Å². The van der Waals surface area contributed by atoms with E-state index < -0.39 is 0 Å². The van der Waals surface area contributed by atoms with E-state index >= 15 is 0 Å². The van der Waals surface area contributed by atoms with E-state index in [9.17, 15) is 4.79 Å². The van der Waals surface area contributed by atoms with Crippen LogP contribution in [-0.2, 0) is 14.3 Å². The van der Waals surface area contributed by atoms with E-state index in [2.05, 4.69) is 13.5 Å². The SMILES string of the molecule is C=CC(=O)OC1COCCC(C)S1. The summed E-state index contributed by atoms with van der Waals surface area (Å²) in [5, 5.41) is 0.477. The molecule has 13 heavy (non-hydrogen) atoms. The number of carbonyl (C=O) groups is 1. The van der Waals surface area contributed by atoms with Gasteiger partial charge in [-0.2, -0.15) is 0 Å². The lowest BCUT2D eigenvalue weighted by Crippen LogP contribution is -2.18. The second-order valence-corrected chi connectivity index (χ2v) is 4.48. The van der Waals surface area contributed by atoms with E-state index in [0.717, 1.165) is 13.0 Å². The standard InChI is InChI=1S/C9H14O3S/c1-3-8(10)12-9-6-11-5-4-7(2)13-9/h3,7,9H,1,4-6H2,2H3. The normalized spacial score (nSPS) is 29.0. The average molecular weight is 202 g/mol. The molecule has 0 amide bonds. The van der Waals surface area contributed by atoms with Crippen LogP contribution in [0.5, 0.6) is 0 Å². The predicted molar refractivity (Wildman–Crippen MR) is 52.6 cm³/mol. The van der Waals surface area contributed by atoms with Gasteiger partial charge in [0, 0.05) is 17.9 Å². The predicted octanol–water partition coefficient (Wildman–Crippen LogP) is 1.58. The van der Waals surface area contributed by atoms with Crippen molar-refractivity contribution in [2.75, 3.05) is 13.2 Å². The molecule has 0 aromatic carbocycles. The summed E-state index contributed by atoms with van der Waals surface area (Å²) < 4.78 is 10.4. The van der Waals surface area contributed by atoms with Gasteiger partial charge in [0.1, 0.15) is 0 Å². The van der Waals surface area contributed by atoms with E-state index in [1.165, 1.54) is 6.08 Å². The van der Waals surface area contributed by atoms with Crippen LogP contribution in [0.25, 0.3) is 0 Å². The number of ether oxygens (including phenoxy) is 2. The largest absolute Gasteiger partial charge is 0.446 e. The molecule has 1 aliphatic heterocycles. The molecule has 1 rings (SSSR count). The summed E-state index contributed by atoms with van der Waals surface area (Å²) in [4.78, 5) is 10.9. The highest BCUT2D eigenvalue weighted by atomic mass is 32.2. The van der Waals surface area contributed by atoms with E-state index in [0.29, 0.717) is 11.9 Å². The highest BCUT2D eigenvalue weighted by Crippen LogP contribution is 2.24. The lowest BCUT2D eigenvalue weighted by atomic mass is 10.3. The van der Waals surface area contributed by atoms with Gasteiger partial charge in [-0.3, -0.25) is 0 Å². The van der Waals surface area contributed by atoms with Crippen molar-refractivity contribution in [3.63, 3.8) is 0 Å². The number of hydrogen-bond acceptors (Lipinski definition) is 4. The molecular formula is C9H14O3S. The fourth-order valence-electron chi connectivity index (χ4n) is 1.03. The van der Waals surface area contributed by atoms with Crippen LogP contribution in [0.15, 0.2) is 12.7 Å². The van der Waals surface area contributed by atoms with E-state index in [-0.39, 0.29) is 11.4 Å². The molecule has 0 aromatic rings. The van der Waals surface area contributed by atoms with Gasteiger partial charge in [-0.05, 0) is 6.42 Å². The van der Waals surface area contributed by atoms with Crippen molar-refractivity contribution in [2.45, 2.75) is 24.0 Å². The third-order valence-electron chi connectivity index (χ3n) is 1.72. The Morgan fingerprint density at radius 3 is 3.23 bits per heavy atom. The van der Waals surface area contributed by atoms with Gasteiger partial charge in [0.25, 0.3) is 0 Å². The van der Waals surface area contributed by atoms with Crippen molar-refractivity contribution in [1.29, 1.82) is 0 Å². The van der Waals surface area contributed by atoms with E-state index in [4.69, 9.17) is 9.47 Å². The first kappa shape index (κ1) is 10.6. The van der Waals surface area contributed by atoms with Crippen LogP contribution in [0.4, 0.5) is 0 Å². The molecule has 3 nitrogen and oxygen atoms in total. The number of carbonyl (C=O) groups excluding carboxylic acids is 1. The molecule has 2 unspecified atom stereocenters. The topological polar surface area (TPSA) is 35.5 Å². The van der Waals surface area contributed by atoms with Crippen LogP contribution >= 0.6 is 11.8 Å². The molecule has 0 radical (unpaired) electrons. The minimum absolute atomic E-state index is 0.178. The first-order valence-electron chi connectivity index (χ1n) is 4.28. The highest BCUT2D eigenvalue weighted by Gasteiger charge is 2.20. The quantitative estimate of drug-likeness (QED) is 0.503. The first-order valence-corrected chi connectivity index (χ1v) is 5.23. The van der Waals surface area contributed by atoms with Crippen molar-refractivity contribution < 1.29 is 14.3 Å². The van der Waals surface area contributed by atoms with Crippen LogP contribution < -0.4 is 0 Å². The smallest absolute Gasteiger partial charge is 0.331 e. The lowest BCUT2D eigenvalue weighted by Gasteiger charge is -2.15. The minimum atomic E-state index is -0.379. The molecule has 2 atom stereocenters. The van der Waals surface area contributed by atoms with Gasteiger partial charge in [0.05, 0.1) is 6.61 Å². The Morgan fingerprint density at radius 1 is 1.77 bits per heavy atom. The van der Waals surface area contributed by atoms with Gasteiger partial charge in [-0.25, -0.2) is 4.79 Å². The maximum atomic E-state index is 10.9. The molecule has 1 heterocycles. The molecule has 0 bridgehead atoms. The van der Waals surface area contributed by atoms with Crippen LogP contribution in [0.3, 0.4) is 0 Å².